The fourth-order valence-corrected chi connectivity index (χ4v) is 0.389. The molecule has 0 fully saturated rings. The highest BCUT2D eigenvalue weighted by atomic mass is 79.9. The van der Waals surface area contributed by atoms with Gasteiger partial charge in [0.15, 0.2) is 0 Å². The minimum atomic E-state index is -0.201. The Bertz CT molecular complexity index is 80.5. The molecule has 0 bridgehead atoms. The maximum absolute atomic E-state index is 10.5. The van der Waals surface area contributed by atoms with Crippen LogP contribution in [0.5, 0.6) is 0 Å². The normalized spacial score (nSPS) is 12.9. The number of hydrogen-bond acceptors (Lipinski definition) is 2. The Hall–Kier alpha value is -0.0500. The van der Waals surface area contributed by atoms with E-state index < -0.39 is 0 Å². The maximum Gasteiger partial charge on any atom is 0.319 e. The summed E-state index contributed by atoms with van der Waals surface area (Å²) < 4.78 is 4.62. The lowest BCUT2D eigenvalue weighted by molar-refractivity contribution is -0.141. The van der Waals surface area contributed by atoms with E-state index >= 15 is 0 Å². The molecule has 0 amide bonds. The van der Waals surface area contributed by atoms with E-state index in [9.17, 15) is 4.79 Å². The van der Waals surface area contributed by atoms with Gasteiger partial charge in [0.25, 0.3) is 0 Å². The summed E-state index contributed by atoms with van der Waals surface area (Å²) in [6, 6.07) is 0. The number of carbonyl (C=O) groups is 1. The number of alkyl halides is 1. The van der Waals surface area contributed by atoms with Crippen LogP contribution < -0.4 is 0 Å². The van der Waals surface area contributed by atoms with Gasteiger partial charge in [-0.2, -0.15) is 0 Å². The van der Waals surface area contributed by atoms with Crippen molar-refractivity contribution in [1.29, 1.82) is 0 Å². The van der Waals surface area contributed by atoms with Crippen molar-refractivity contribution in [2.45, 2.75) is 18.7 Å². The minimum absolute atomic E-state index is 0.178. The molecule has 0 aromatic heterocycles. The molecule has 0 aliphatic heterocycles. The number of rotatable bonds is 2. The van der Waals surface area contributed by atoms with Gasteiger partial charge in [-0.3, -0.25) is 4.79 Å². The molecular weight excluding hydrogens is 172 g/mol. The van der Waals surface area contributed by atoms with Crippen molar-refractivity contribution in [2.75, 3.05) is 6.61 Å². The third-order valence-corrected chi connectivity index (χ3v) is 0.985. The molecule has 48 valence electrons. The first-order chi connectivity index (χ1) is 3.68. The van der Waals surface area contributed by atoms with Gasteiger partial charge < -0.3 is 4.74 Å². The van der Waals surface area contributed by atoms with Gasteiger partial charge in [0.2, 0.25) is 0 Å². The smallest absolute Gasteiger partial charge is 0.319 e. The van der Waals surface area contributed by atoms with Crippen molar-refractivity contribution in [3.63, 3.8) is 0 Å². The summed E-state index contributed by atoms with van der Waals surface area (Å²) in [4.78, 5) is 10.3. The maximum atomic E-state index is 10.5. The molecule has 0 N–H and O–H groups in total. The van der Waals surface area contributed by atoms with Gasteiger partial charge in [0.05, 0.1) is 6.61 Å². The fourth-order valence-electron chi connectivity index (χ4n) is 0.257. The van der Waals surface area contributed by atoms with Gasteiger partial charge in [-0.25, -0.2) is 0 Å². The van der Waals surface area contributed by atoms with Crippen LogP contribution in [0.1, 0.15) is 13.8 Å². The molecule has 3 heteroatoms. The molecular formula is C5H9BrO2. The third kappa shape index (κ3) is 3.02. The largest absolute Gasteiger partial charge is 0.465 e. The minimum Gasteiger partial charge on any atom is -0.465 e. The van der Waals surface area contributed by atoms with E-state index in [0.717, 1.165) is 0 Å². The zero-order valence-electron chi connectivity index (χ0n) is 4.98. The first-order valence-electron chi connectivity index (χ1n) is 2.49. The van der Waals surface area contributed by atoms with Crippen molar-refractivity contribution >= 4 is 21.9 Å². The lowest BCUT2D eigenvalue weighted by Gasteiger charge is -2.00. The highest BCUT2D eigenvalue weighted by molar-refractivity contribution is 9.10. The Morgan fingerprint density at radius 2 is 2.38 bits per heavy atom. The van der Waals surface area contributed by atoms with Crippen molar-refractivity contribution in [3.8, 4) is 0 Å². The summed E-state index contributed by atoms with van der Waals surface area (Å²) >= 11 is 3.07. The van der Waals surface area contributed by atoms with E-state index in [1.165, 1.54) is 0 Å². The molecule has 2 nitrogen and oxygen atoms in total. The second kappa shape index (κ2) is 3.89. The van der Waals surface area contributed by atoms with E-state index in [2.05, 4.69) is 20.7 Å². The SMILES string of the molecule is CCOC(=O)[C@H](C)Br. The Kier molecular flexibility index (Phi) is 3.87. The zero-order valence-corrected chi connectivity index (χ0v) is 6.56. The van der Waals surface area contributed by atoms with Gasteiger partial charge in [0.1, 0.15) is 4.83 Å². The molecule has 0 aromatic carbocycles. The average Bonchev–Trinajstić information content (AvgIpc) is 1.67. The zero-order chi connectivity index (χ0) is 6.57. The molecule has 0 spiro atoms. The summed E-state index contributed by atoms with van der Waals surface area (Å²) in [5.74, 6) is -0.201. The molecule has 0 aliphatic rings. The van der Waals surface area contributed by atoms with Crippen LogP contribution in [0.4, 0.5) is 0 Å². The van der Waals surface area contributed by atoms with Crippen LogP contribution in [0.3, 0.4) is 0 Å². The van der Waals surface area contributed by atoms with Gasteiger partial charge in [0, 0.05) is 0 Å². The lowest BCUT2D eigenvalue weighted by atomic mass is 10.5. The molecule has 0 aromatic rings. The van der Waals surface area contributed by atoms with Crippen molar-refractivity contribution in [2.24, 2.45) is 0 Å². The van der Waals surface area contributed by atoms with Crippen LogP contribution in [-0.4, -0.2) is 17.4 Å². The second-order valence-corrected chi connectivity index (χ2v) is 2.74. The molecule has 1 atom stereocenters. The van der Waals surface area contributed by atoms with E-state index in [-0.39, 0.29) is 10.8 Å². The first kappa shape index (κ1) is 7.95. The van der Waals surface area contributed by atoms with Crippen LogP contribution in [0, 0.1) is 0 Å². The number of halogens is 1. The van der Waals surface area contributed by atoms with E-state index in [4.69, 9.17) is 0 Å². The van der Waals surface area contributed by atoms with Crippen molar-refractivity contribution in [1.82, 2.24) is 0 Å². The molecule has 0 unspecified atom stereocenters. The number of hydrogen-bond donors (Lipinski definition) is 0. The van der Waals surface area contributed by atoms with Gasteiger partial charge in [-0.05, 0) is 13.8 Å². The van der Waals surface area contributed by atoms with Gasteiger partial charge in [-0.1, -0.05) is 15.9 Å². The average molecular weight is 181 g/mol. The van der Waals surface area contributed by atoms with E-state index in [1.807, 2.05) is 0 Å². The van der Waals surface area contributed by atoms with Gasteiger partial charge >= 0.3 is 5.97 Å². The topological polar surface area (TPSA) is 26.3 Å². The Morgan fingerprint density at radius 1 is 1.88 bits per heavy atom. The Balaban J connectivity index is 3.33. The quantitative estimate of drug-likeness (QED) is 0.474. The molecule has 0 rings (SSSR count). The summed E-state index contributed by atoms with van der Waals surface area (Å²) in [5, 5.41) is 0. The number of ether oxygens (including phenoxy) is 1. The third-order valence-electron chi connectivity index (χ3n) is 0.611. The molecule has 8 heavy (non-hydrogen) atoms. The van der Waals surface area contributed by atoms with Crippen LogP contribution in [-0.2, 0) is 9.53 Å². The predicted molar refractivity (Wildman–Crippen MR) is 35.0 cm³/mol. The van der Waals surface area contributed by atoms with Crippen LogP contribution in [0.2, 0.25) is 0 Å². The summed E-state index contributed by atoms with van der Waals surface area (Å²) in [6.07, 6.45) is 0. The lowest BCUT2D eigenvalue weighted by Crippen LogP contribution is -2.13. The van der Waals surface area contributed by atoms with Crippen LogP contribution >= 0.6 is 15.9 Å². The van der Waals surface area contributed by atoms with Crippen LogP contribution in [0.15, 0.2) is 0 Å². The molecule has 0 saturated heterocycles. The highest BCUT2D eigenvalue weighted by Crippen LogP contribution is 1.98. The number of esters is 1. The summed E-state index contributed by atoms with van der Waals surface area (Å²) in [7, 11) is 0. The summed E-state index contributed by atoms with van der Waals surface area (Å²) in [5.41, 5.74) is 0. The standard InChI is InChI=1S/C5H9BrO2/c1-3-8-5(7)4(2)6/h4H,3H2,1-2H3/t4-/m0/s1. The van der Waals surface area contributed by atoms with E-state index in [0.29, 0.717) is 6.61 Å². The second-order valence-electron chi connectivity index (χ2n) is 1.37. The number of carbonyl (C=O) groups excluding carboxylic acids is 1. The molecule has 0 saturated carbocycles. The first-order valence-corrected chi connectivity index (χ1v) is 3.40. The van der Waals surface area contributed by atoms with E-state index in [1.54, 1.807) is 13.8 Å². The van der Waals surface area contributed by atoms with Crippen molar-refractivity contribution < 1.29 is 9.53 Å². The Morgan fingerprint density at radius 3 is 2.50 bits per heavy atom. The molecule has 0 radical (unpaired) electrons. The Labute approximate surface area is 57.3 Å². The monoisotopic (exact) mass is 180 g/mol. The molecule has 0 heterocycles. The van der Waals surface area contributed by atoms with Gasteiger partial charge in [-0.15, -0.1) is 0 Å². The molecule has 0 aliphatic carbocycles. The van der Waals surface area contributed by atoms with Crippen molar-refractivity contribution in [3.05, 3.63) is 0 Å². The fraction of sp³-hybridized carbons (Fsp3) is 0.800. The summed E-state index contributed by atoms with van der Waals surface area (Å²) in [6.45, 7) is 3.97. The predicted octanol–water partition coefficient (Wildman–Crippen LogP) is 1.33. The van der Waals surface area contributed by atoms with Crippen LogP contribution in [0.25, 0.3) is 0 Å². The highest BCUT2D eigenvalue weighted by Gasteiger charge is 2.07.